The van der Waals surface area contributed by atoms with Crippen LogP contribution in [-0.4, -0.2) is 59.8 Å². The number of rotatable bonds is 5. The standard InChI is InChI=1S/C22H21N3O5/c26-19(24-14-12-23(13-15-24)16-6-2-1-3-7-16)10-11-20(27)30-25-21(28)17-8-4-5-9-18(17)22(25)29/h1-9H,10-15H2. The third-order valence-corrected chi connectivity index (χ3v) is 5.25. The summed E-state index contributed by atoms with van der Waals surface area (Å²) in [6, 6.07) is 16.3. The van der Waals surface area contributed by atoms with E-state index in [1.807, 2.05) is 30.3 Å². The summed E-state index contributed by atoms with van der Waals surface area (Å²) >= 11 is 0. The lowest BCUT2D eigenvalue weighted by molar-refractivity contribution is -0.169. The molecule has 4 rings (SSSR count). The second-order valence-electron chi connectivity index (χ2n) is 7.12. The van der Waals surface area contributed by atoms with Gasteiger partial charge >= 0.3 is 5.97 Å². The first-order valence-corrected chi connectivity index (χ1v) is 9.81. The number of hydroxylamine groups is 2. The number of hydrogen-bond donors (Lipinski definition) is 0. The van der Waals surface area contributed by atoms with Crippen molar-refractivity contribution < 1.29 is 24.0 Å². The molecule has 1 saturated heterocycles. The molecule has 0 radical (unpaired) electrons. The van der Waals surface area contributed by atoms with Gasteiger partial charge in [0.05, 0.1) is 17.5 Å². The van der Waals surface area contributed by atoms with Gasteiger partial charge in [0, 0.05) is 38.3 Å². The Hall–Kier alpha value is -3.68. The predicted octanol–water partition coefficient (Wildman–Crippen LogP) is 1.87. The third-order valence-electron chi connectivity index (χ3n) is 5.25. The Balaban J connectivity index is 1.24. The number of nitrogens with zero attached hydrogens (tertiary/aromatic N) is 3. The second kappa shape index (κ2) is 8.36. The van der Waals surface area contributed by atoms with Gasteiger partial charge in [0.25, 0.3) is 11.8 Å². The molecule has 1 fully saturated rings. The maximum absolute atomic E-state index is 12.4. The quantitative estimate of drug-likeness (QED) is 0.704. The monoisotopic (exact) mass is 407 g/mol. The maximum atomic E-state index is 12.4. The van der Waals surface area contributed by atoms with Crippen LogP contribution in [0, 0.1) is 0 Å². The van der Waals surface area contributed by atoms with E-state index in [0.717, 1.165) is 18.8 Å². The topological polar surface area (TPSA) is 87.2 Å². The summed E-state index contributed by atoms with van der Waals surface area (Å²) in [5.74, 6) is -2.29. The lowest BCUT2D eigenvalue weighted by Crippen LogP contribution is -2.48. The van der Waals surface area contributed by atoms with Gasteiger partial charge in [0.2, 0.25) is 5.91 Å². The van der Waals surface area contributed by atoms with Crippen molar-refractivity contribution in [3.63, 3.8) is 0 Å². The molecule has 2 aliphatic rings. The fourth-order valence-corrected chi connectivity index (χ4v) is 3.62. The van der Waals surface area contributed by atoms with E-state index < -0.39 is 17.8 Å². The molecule has 8 nitrogen and oxygen atoms in total. The highest BCUT2D eigenvalue weighted by atomic mass is 16.7. The first-order valence-electron chi connectivity index (χ1n) is 9.81. The van der Waals surface area contributed by atoms with Crippen molar-refractivity contribution in [1.29, 1.82) is 0 Å². The molecule has 8 heteroatoms. The Bertz CT molecular complexity index is 948. The van der Waals surface area contributed by atoms with Crippen LogP contribution in [-0.2, 0) is 14.4 Å². The molecular weight excluding hydrogens is 386 g/mol. The highest BCUT2D eigenvalue weighted by molar-refractivity contribution is 6.20. The van der Waals surface area contributed by atoms with E-state index in [9.17, 15) is 19.2 Å². The van der Waals surface area contributed by atoms with E-state index >= 15 is 0 Å². The van der Waals surface area contributed by atoms with Gasteiger partial charge in [0.1, 0.15) is 0 Å². The zero-order valence-electron chi connectivity index (χ0n) is 16.3. The fourth-order valence-electron chi connectivity index (χ4n) is 3.62. The minimum atomic E-state index is -0.791. The number of hydrogen-bond acceptors (Lipinski definition) is 6. The van der Waals surface area contributed by atoms with Crippen molar-refractivity contribution >= 4 is 29.4 Å². The molecule has 154 valence electrons. The number of imide groups is 1. The molecule has 2 aromatic rings. The Labute approximate surface area is 173 Å². The van der Waals surface area contributed by atoms with E-state index in [-0.39, 0.29) is 29.9 Å². The molecule has 0 saturated carbocycles. The van der Waals surface area contributed by atoms with Crippen molar-refractivity contribution in [2.75, 3.05) is 31.1 Å². The van der Waals surface area contributed by atoms with Crippen LogP contribution in [0.25, 0.3) is 0 Å². The number of para-hydroxylation sites is 1. The predicted molar refractivity (Wildman–Crippen MR) is 108 cm³/mol. The van der Waals surface area contributed by atoms with Crippen LogP contribution in [0.1, 0.15) is 33.6 Å². The molecule has 0 N–H and O–H groups in total. The lowest BCUT2D eigenvalue weighted by Gasteiger charge is -2.36. The minimum absolute atomic E-state index is 0.0344. The molecule has 2 heterocycles. The number of fused-ring (bicyclic) bond motifs is 1. The second-order valence-corrected chi connectivity index (χ2v) is 7.12. The van der Waals surface area contributed by atoms with E-state index in [1.54, 1.807) is 17.0 Å². The van der Waals surface area contributed by atoms with Crippen molar-refractivity contribution in [3.05, 3.63) is 65.7 Å². The number of anilines is 1. The molecule has 2 aliphatic heterocycles. The number of carbonyl (C=O) groups is 4. The van der Waals surface area contributed by atoms with Gasteiger partial charge in [-0.05, 0) is 24.3 Å². The molecular formula is C22H21N3O5. The Morgan fingerprint density at radius 1 is 0.767 bits per heavy atom. The summed E-state index contributed by atoms with van der Waals surface area (Å²) in [6.07, 6.45) is -0.238. The fraction of sp³-hybridized carbons (Fsp3) is 0.273. The average molecular weight is 407 g/mol. The number of amides is 3. The summed E-state index contributed by atoms with van der Waals surface area (Å²) in [5, 5.41) is 0.468. The lowest BCUT2D eigenvalue weighted by atomic mass is 10.1. The number of benzene rings is 2. The van der Waals surface area contributed by atoms with Crippen LogP contribution in [0.2, 0.25) is 0 Å². The molecule has 0 aromatic heterocycles. The Kier molecular flexibility index (Phi) is 5.47. The first kappa shape index (κ1) is 19.6. The average Bonchev–Trinajstić information content (AvgIpc) is 3.03. The van der Waals surface area contributed by atoms with Crippen LogP contribution in [0.5, 0.6) is 0 Å². The van der Waals surface area contributed by atoms with Crippen LogP contribution in [0.4, 0.5) is 5.69 Å². The van der Waals surface area contributed by atoms with Gasteiger partial charge in [-0.3, -0.25) is 14.4 Å². The van der Waals surface area contributed by atoms with E-state index in [1.165, 1.54) is 12.1 Å². The molecule has 0 atom stereocenters. The van der Waals surface area contributed by atoms with Gasteiger partial charge in [-0.1, -0.05) is 35.4 Å². The van der Waals surface area contributed by atoms with E-state index in [0.29, 0.717) is 18.2 Å². The van der Waals surface area contributed by atoms with Crippen LogP contribution >= 0.6 is 0 Å². The molecule has 0 spiro atoms. The van der Waals surface area contributed by atoms with Gasteiger partial charge in [0.15, 0.2) is 0 Å². The van der Waals surface area contributed by atoms with Crippen molar-refractivity contribution in [1.82, 2.24) is 9.96 Å². The van der Waals surface area contributed by atoms with Crippen LogP contribution in [0.3, 0.4) is 0 Å². The van der Waals surface area contributed by atoms with Gasteiger partial charge in [-0.25, -0.2) is 4.79 Å². The third kappa shape index (κ3) is 3.89. The van der Waals surface area contributed by atoms with Crippen molar-refractivity contribution in [3.8, 4) is 0 Å². The molecule has 30 heavy (non-hydrogen) atoms. The van der Waals surface area contributed by atoms with Crippen molar-refractivity contribution in [2.45, 2.75) is 12.8 Å². The number of carbonyl (C=O) groups excluding carboxylic acids is 4. The van der Waals surface area contributed by atoms with Gasteiger partial charge in [-0.2, -0.15) is 0 Å². The summed E-state index contributed by atoms with van der Waals surface area (Å²) in [6.45, 7) is 2.58. The highest BCUT2D eigenvalue weighted by Gasteiger charge is 2.38. The maximum Gasteiger partial charge on any atom is 0.333 e. The summed E-state index contributed by atoms with van der Waals surface area (Å²) in [4.78, 5) is 57.9. The molecule has 0 bridgehead atoms. The first-order chi connectivity index (χ1) is 14.5. The molecule has 0 unspecified atom stereocenters. The molecule has 2 aromatic carbocycles. The zero-order valence-corrected chi connectivity index (χ0v) is 16.3. The van der Waals surface area contributed by atoms with Crippen molar-refractivity contribution in [2.24, 2.45) is 0 Å². The largest absolute Gasteiger partial charge is 0.368 e. The van der Waals surface area contributed by atoms with Gasteiger partial charge in [-0.15, -0.1) is 0 Å². The van der Waals surface area contributed by atoms with Crippen LogP contribution < -0.4 is 4.90 Å². The van der Waals surface area contributed by atoms with E-state index in [2.05, 4.69) is 4.90 Å². The SMILES string of the molecule is O=C(CCC(=O)N1CCN(c2ccccc2)CC1)ON1C(=O)c2ccccc2C1=O. The Morgan fingerprint density at radius 3 is 1.93 bits per heavy atom. The minimum Gasteiger partial charge on any atom is -0.368 e. The summed E-state index contributed by atoms with van der Waals surface area (Å²) < 4.78 is 0. The van der Waals surface area contributed by atoms with Crippen LogP contribution in [0.15, 0.2) is 54.6 Å². The normalized spacial score (nSPS) is 15.9. The number of piperazine rings is 1. The smallest absolute Gasteiger partial charge is 0.333 e. The van der Waals surface area contributed by atoms with Gasteiger partial charge < -0.3 is 14.6 Å². The molecule has 0 aliphatic carbocycles. The summed E-state index contributed by atoms with van der Waals surface area (Å²) in [5.41, 5.74) is 1.51. The molecule has 3 amide bonds. The van der Waals surface area contributed by atoms with E-state index in [4.69, 9.17) is 4.84 Å². The Morgan fingerprint density at radius 2 is 1.33 bits per heavy atom. The summed E-state index contributed by atoms with van der Waals surface area (Å²) in [7, 11) is 0. The highest BCUT2D eigenvalue weighted by Crippen LogP contribution is 2.23. The zero-order chi connectivity index (χ0) is 21.1.